The number of aryl methyl sites for hydroxylation is 1. The highest BCUT2D eigenvalue weighted by Crippen LogP contribution is 2.11. The molecular formula is C12H16O3. The van der Waals surface area contributed by atoms with E-state index in [9.17, 15) is 4.79 Å². The van der Waals surface area contributed by atoms with E-state index >= 15 is 0 Å². The van der Waals surface area contributed by atoms with Crippen molar-refractivity contribution in [3.05, 3.63) is 29.7 Å². The molecule has 0 fully saturated rings. The zero-order valence-corrected chi connectivity index (χ0v) is 9.06. The van der Waals surface area contributed by atoms with E-state index in [1.54, 1.807) is 6.92 Å². The molecule has 0 saturated carbocycles. The Morgan fingerprint density at radius 2 is 2.33 bits per heavy atom. The number of carboxylic acid groups (broad SMARTS) is 1. The molecule has 0 aliphatic heterocycles. The first-order chi connectivity index (χ1) is 7.09. The van der Waals surface area contributed by atoms with Crippen LogP contribution in [0.25, 0.3) is 6.08 Å². The summed E-state index contributed by atoms with van der Waals surface area (Å²) in [4.78, 5) is 10.5. The maximum Gasteiger partial charge on any atom is 0.306 e. The zero-order chi connectivity index (χ0) is 11.3. The smallest absolute Gasteiger partial charge is 0.306 e. The van der Waals surface area contributed by atoms with Crippen molar-refractivity contribution in [3.8, 4) is 0 Å². The summed E-state index contributed by atoms with van der Waals surface area (Å²) in [6.45, 7) is 3.61. The van der Waals surface area contributed by atoms with E-state index in [0.717, 1.165) is 17.9 Å². The molecule has 15 heavy (non-hydrogen) atoms. The van der Waals surface area contributed by atoms with Gasteiger partial charge in [0.1, 0.15) is 11.5 Å². The Labute approximate surface area is 89.4 Å². The number of hydrogen-bond donors (Lipinski definition) is 1. The molecule has 0 radical (unpaired) electrons. The molecule has 3 heteroatoms. The second-order valence-corrected chi connectivity index (χ2v) is 3.67. The first kappa shape index (κ1) is 11.6. The minimum absolute atomic E-state index is 0.284. The molecule has 1 rings (SSSR count). The third-order valence-electron chi connectivity index (χ3n) is 2.23. The van der Waals surface area contributed by atoms with Gasteiger partial charge in [0.25, 0.3) is 0 Å². The normalized spacial score (nSPS) is 13.2. The van der Waals surface area contributed by atoms with E-state index in [-0.39, 0.29) is 5.92 Å². The van der Waals surface area contributed by atoms with Gasteiger partial charge in [-0.05, 0) is 38.0 Å². The number of hydrogen-bond acceptors (Lipinski definition) is 2. The number of allylic oxidation sites excluding steroid dienone is 1. The van der Waals surface area contributed by atoms with Gasteiger partial charge in [0.2, 0.25) is 0 Å². The second kappa shape index (κ2) is 5.39. The van der Waals surface area contributed by atoms with Gasteiger partial charge in [-0.25, -0.2) is 0 Å². The minimum atomic E-state index is -0.739. The summed E-state index contributed by atoms with van der Waals surface area (Å²) in [7, 11) is 0. The van der Waals surface area contributed by atoms with Crippen molar-refractivity contribution in [1.82, 2.24) is 0 Å². The molecule has 0 aliphatic rings. The predicted molar refractivity (Wildman–Crippen MR) is 58.5 cm³/mol. The fraction of sp³-hybridized carbons (Fsp3) is 0.417. The topological polar surface area (TPSA) is 50.4 Å². The Morgan fingerprint density at radius 1 is 1.60 bits per heavy atom. The molecule has 0 spiro atoms. The van der Waals surface area contributed by atoms with Crippen LogP contribution < -0.4 is 0 Å². The fourth-order valence-corrected chi connectivity index (χ4v) is 1.21. The van der Waals surface area contributed by atoms with Gasteiger partial charge in [-0.15, -0.1) is 0 Å². The van der Waals surface area contributed by atoms with Crippen LogP contribution in [0.3, 0.4) is 0 Å². The third kappa shape index (κ3) is 4.02. The van der Waals surface area contributed by atoms with Crippen LogP contribution in [0.1, 0.15) is 31.3 Å². The fourth-order valence-electron chi connectivity index (χ4n) is 1.21. The highest BCUT2D eigenvalue weighted by molar-refractivity contribution is 5.69. The molecule has 1 aromatic heterocycles. The Kier molecular flexibility index (Phi) is 4.16. The molecule has 1 atom stereocenters. The second-order valence-electron chi connectivity index (χ2n) is 3.67. The third-order valence-corrected chi connectivity index (χ3v) is 2.23. The summed E-state index contributed by atoms with van der Waals surface area (Å²) < 4.78 is 5.33. The van der Waals surface area contributed by atoms with Gasteiger partial charge in [0, 0.05) is 0 Å². The summed E-state index contributed by atoms with van der Waals surface area (Å²) in [5.74, 6) is 0.675. The first-order valence-electron chi connectivity index (χ1n) is 5.05. The largest absolute Gasteiger partial charge is 0.481 e. The highest BCUT2D eigenvalue weighted by atomic mass is 16.4. The molecule has 0 aliphatic carbocycles. The lowest BCUT2D eigenvalue weighted by Gasteiger charge is -2.01. The molecule has 1 heterocycles. The van der Waals surface area contributed by atoms with Crippen LogP contribution in [0.4, 0.5) is 0 Å². The molecule has 82 valence electrons. The van der Waals surface area contributed by atoms with Crippen molar-refractivity contribution < 1.29 is 14.3 Å². The quantitative estimate of drug-likeness (QED) is 0.808. The molecule has 3 nitrogen and oxygen atoms in total. The van der Waals surface area contributed by atoms with E-state index in [0.29, 0.717) is 6.42 Å². The van der Waals surface area contributed by atoms with Gasteiger partial charge in [-0.2, -0.15) is 0 Å². The minimum Gasteiger partial charge on any atom is -0.481 e. The Morgan fingerprint density at radius 3 is 2.87 bits per heavy atom. The average molecular weight is 208 g/mol. The van der Waals surface area contributed by atoms with Crippen molar-refractivity contribution >= 4 is 12.0 Å². The van der Waals surface area contributed by atoms with Gasteiger partial charge in [-0.1, -0.05) is 13.0 Å². The molecule has 0 amide bonds. The standard InChI is InChI=1S/C12H16O3/c1-9(12(13)14)5-3-4-6-11-8-7-10(2)15-11/h4,6-9H,3,5H2,1-2H3,(H,13,14)/b6-4+. The number of furan rings is 1. The first-order valence-corrected chi connectivity index (χ1v) is 5.05. The van der Waals surface area contributed by atoms with Crippen molar-refractivity contribution in [1.29, 1.82) is 0 Å². The van der Waals surface area contributed by atoms with E-state index in [1.165, 1.54) is 0 Å². The lowest BCUT2D eigenvalue weighted by atomic mass is 10.1. The molecule has 1 unspecified atom stereocenters. The Hall–Kier alpha value is -1.51. The molecule has 0 saturated heterocycles. The highest BCUT2D eigenvalue weighted by Gasteiger charge is 2.08. The maximum atomic E-state index is 10.5. The van der Waals surface area contributed by atoms with Gasteiger partial charge in [-0.3, -0.25) is 4.79 Å². The number of carbonyl (C=O) groups is 1. The molecule has 0 aromatic carbocycles. The number of rotatable bonds is 5. The van der Waals surface area contributed by atoms with Crippen LogP contribution >= 0.6 is 0 Å². The van der Waals surface area contributed by atoms with Crippen molar-refractivity contribution in [2.75, 3.05) is 0 Å². The summed E-state index contributed by atoms with van der Waals surface area (Å²) in [6.07, 6.45) is 5.23. The van der Waals surface area contributed by atoms with Gasteiger partial charge in [0.15, 0.2) is 0 Å². The lowest BCUT2D eigenvalue weighted by Crippen LogP contribution is -2.08. The predicted octanol–water partition coefficient (Wildman–Crippen LogP) is 3.10. The van der Waals surface area contributed by atoms with E-state index in [1.807, 2.05) is 31.2 Å². The summed E-state index contributed by atoms with van der Waals surface area (Å²) in [5.41, 5.74) is 0. The summed E-state index contributed by atoms with van der Waals surface area (Å²) >= 11 is 0. The summed E-state index contributed by atoms with van der Waals surface area (Å²) in [6, 6.07) is 3.80. The van der Waals surface area contributed by atoms with Gasteiger partial charge in [0.05, 0.1) is 5.92 Å². The molecule has 0 bridgehead atoms. The van der Waals surface area contributed by atoms with E-state index < -0.39 is 5.97 Å². The van der Waals surface area contributed by atoms with Gasteiger partial charge < -0.3 is 9.52 Å². The summed E-state index contributed by atoms with van der Waals surface area (Å²) in [5, 5.41) is 8.66. The van der Waals surface area contributed by atoms with Crippen molar-refractivity contribution in [2.45, 2.75) is 26.7 Å². The number of carboxylic acids is 1. The number of aliphatic carboxylic acids is 1. The molecule has 1 N–H and O–H groups in total. The van der Waals surface area contributed by atoms with Gasteiger partial charge >= 0.3 is 5.97 Å². The van der Waals surface area contributed by atoms with E-state index in [4.69, 9.17) is 9.52 Å². The zero-order valence-electron chi connectivity index (χ0n) is 9.06. The molecular weight excluding hydrogens is 192 g/mol. The van der Waals surface area contributed by atoms with Crippen LogP contribution in [-0.2, 0) is 4.79 Å². The van der Waals surface area contributed by atoms with Crippen molar-refractivity contribution in [3.63, 3.8) is 0 Å². The van der Waals surface area contributed by atoms with Crippen LogP contribution in [-0.4, -0.2) is 11.1 Å². The van der Waals surface area contributed by atoms with Crippen LogP contribution in [0, 0.1) is 12.8 Å². The Bertz CT molecular complexity index is 350. The average Bonchev–Trinajstić information content (AvgIpc) is 2.58. The van der Waals surface area contributed by atoms with E-state index in [2.05, 4.69) is 0 Å². The Balaban J connectivity index is 2.31. The molecule has 1 aromatic rings. The van der Waals surface area contributed by atoms with Crippen LogP contribution in [0.2, 0.25) is 0 Å². The maximum absolute atomic E-state index is 10.5. The lowest BCUT2D eigenvalue weighted by molar-refractivity contribution is -0.141. The van der Waals surface area contributed by atoms with Crippen LogP contribution in [0.5, 0.6) is 0 Å². The van der Waals surface area contributed by atoms with Crippen LogP contribution in [0.15, 0.2) is 22.6 Å². The van der Waals surface area contributed by atoms with Crippen molar-refractivity contribution in [2.24, 2.45) is 5.92 Å². The SMILES string of the molecule is Cc1ccc(/C=C/CCC(C)C(=O)O)o1. The monoisotopic (exact) mass is 208 g/mol.